The second-order valence-corrected chi connectivity index (χ2v) is 11.0. The van der Waals surface area contributed by atoms with Crippen molar-refractivity contribution in [3.63, 3.8) is 0 Å². The molecular weight excluding hydrogens is 356 g/mol. The Hall–Kier alpha value is -1.02. The van der Waals surface area contributed by atoms with E-state index in [1.807, 2.05) is 12.1 Å². The lowest BCUT2D eigenvalue weighted by atomic mass is 9.57. The van der Waals surface area contributed by atoms with Gasteiger partial charge in [-0.2, -0.15) is 0 Å². The molecule has 29 heavy (non-hydrogen) atoms. The van der Waals surface area contributed by atoms with Crippen molar-refractivity contribution in [2.24, 2.45) is 35.0 Å². The van der Waals surface area contributed by atoms with Gasteiger partial charge in [-0.05, 0) is 104 Å². The Bertz CT molecular complexity index is 667. The number of fused-ring (bicyclic) bond motifs is 1. The number of aryl methyl sites for hydroxylation is 2. The zero-order chi connectivity index (χ0) is 21.2. The molecule has 1 aromatic rings. The Labute approximate surface area is 179 Å². The van der Waals surface area contributed by atoms with E-state index < -0.39 is 0 Å². The lowest BCUT2D eigenvalue weighted by Gasteiger charge is -2.49. The lowest BCUT2D eigenvalue weighted by Crippen LogP contribution is -2.45. The molecule has 6 atom stereocenters. The zero-order valence-corrected chi connectivity index (χ0v) is 19.5. The van der Waals surface area contributed by atoms with Crippen LogP contribution in [0.15, 0.2) is 18.2 Å². The molecule has 2 nitrogen and oxygen atoms in total. The van der Waals surface area contributed by atoms with Crippen molar-refractivity contribution in [1.82, 2.24) is 0 Å². The van der Waals surface area contributed by atoms with Gasteiger partial charge < -0.3 is 10.2 Å². The summed E-state index contributed by atoms with van der Waals surface area (Å²) < 4.78 is 0. The first kappa shape index (κ1) is 22.7. The van der Waals surface area contributed by atoms with Gasteiger partial charge in [-0.3, -0.25) is 0 Å². The largest absolute Gasteiger partial charge is 0.508 e. The third-order valence-corrected chi connectivity index (χ3v) is 8.68. The first-order valence-corrected chi connectivity index (χ1v) is 12.2. The Kier molecular flexibility index (Phi) is 7.36. The van der Waals surface area contributed by atoms with Gasteiger partial charge in [-0.15, -0.1) is 0 Å². The predicted octanol–water partition coefficient (Wildman–Crippen LogP) is 6.90. The molecule has 0 amide bonds. The summed E-state index contributed by atoms with van der Waals surface area (Å²) in [6, 6.07) is 5.70. The number of hydrogen-bond acceptors (Lipinski definition) is 2. The van der Waals surface area contributed by atoms with Crippen LogP contribution in [0.5, 0.6) is 5.75 Å². The third-order valence-electron chi connectivity index (χ3n) is 8.68. The molecule has 2 saturated carbocycles. The maximum atomic E-state index is 10.9. The number of aliphatic hydroxyl groups excluding tert-OH is 1. The Morgan fingerprint density at radius 2 is 1.86 bits per heavy atom. The molecule has 0 unspecified atom stereocenters. The van der Waals surface area contributed by atoms with Crippen molar-refractivity contribution in [2.45, 2.75) is 98.5 Å². The Morgan fingerprint density at radius 1 is 1.10 bits per heavy atom. The number of aromatic hydroxyl groups is 1. The highest BCUT2D eigenvalue weighted by molar-refractivity contribution is 5.34. The molecule has 2 fully saturated rings. The topological polar surface area (TPSA) is 40.5 Å². The molecule has 0 aromatic heterocycles. The fraction of sp³-hybridized carbons (Fsp3) is 0.778. The van der Waals surface area contributed by atoms with Gasteiger partial charge in [0.1, 0.15) is 5.75 Å². The minimum atomic E-state index is -0.152. The molecule has 0 radical (unpaired) electrons. The van der Waals surface area contributed by atoms with Crippen molar-refractivity contribution >= 4 is 0 Å². The average Bonchev–Trinajstić information content (AvgIpc) is 3.01. The van der Waals surface area contributed by atoms with Crippen LogP contribution < -0.4 is 0 Å². The molecule has 2 heteroatoms. The molecule has 2 aliphatic carbocycles. The standard InChI is InChI=1S/C27H44O2/c1-18(2)7-6-8-20(4)24-13-14-25-23(26(29)15-16-27(24,25)5)12-10-21-17-22(28)11-9-19(21)3/h9,11,17-18,20,23-26,28-29H,6-8,10,12-16H2,1-5H3/t20-,23+,24-,25+,26+,27-/m1/s1. The van der Waals surface area contributed by atoms with Crippen LogP contribution in [0.4, 0.5) is 0 Å². The monoisotopic (exact) mass is 400 g/mol. The second-order valence-electron chi connectivity index (χ2n) is 11.0. The SMILES string of the molecule is Cc1ccc(O)cc1CC[C@@H]1[C@@H](O)CC[C@]2(C)[C@@H]([C@H](C)CCCC(C)C)CC[C@@H]12. The molecular formula is C27H44O2. The van der Waals surface area contributed by atoms with E-state index in [1.165, 1.54) is 49.7 Å². The van der Waals surface area contributed by atoms with Crippen molar-refractivity contribution in [3.8, 4) is 5.75 Å². The average molecular weight is 401 g/mol. The van der Waals surface area contributed by atoms with Gasteiger partial charge in [-0.25, -0.2) is 0 Å². The quantitative estimate of drug-likeness (QED) is 0.498. The molecule has 0 spiro atoms. The van der Waals surface area contributed by atoms with Gasteiger partial charge in [0.2, 0.25) is 0 Å². The third kappa shape index (κ3) is 5.01. The highest BCUT2D eigenvalue weighted by atomic mass is 16.3. The predicted molar refractivity (Wildman–Crippen MR) is 122 cm³/mol. The zero-order valence-electron chi connectivity index (χ0n) is 19.5. The van der Waals surface area contributed by atoms with Crippen LogP contribution in [0.25, 0.3) is 0 Å². The van der Waals surface area contributed by atoms with E-state index in [0.29, 0.717) is 23.0 Å². The van der Waals surface area contributed by atoms with Crippen LogP contribution in [-0.2, 0) is 6.42 Å². The molecule has 0 heterocycles. The smallest absolute Gasteiger partial charge is 0.115 e. The summed E-state index contributed by atoms with van der Waals surface area (Å²) in [5.74, 6) is 3.84. The summed E-state index contributed by atoms with van der Waals surface area (Å²) in [6.07, 6.45) is 10.7. The lowest BCUT2D eigenvalue weighted by molar-refractivity contribution is -0.0529. The summed E-state index contributed by atoms with van der Waals surface area (Å²) in [7, 11) is 0. The van der Waals surface area contributed by atoms with Gasteiger partial charge >= 0.3 is 0 Å². The normalized spacial score (nSPS) is 33.1. The number of hydrogen-bond donors (Lipinski definition) is 2. The molecule has 2 N–H and O–H groups in total. The first-order valence-electron chi connectivity index (χ1n) is 12.2. The van der Waals surface area contributed by atoms with Gasteiger partial charge in [0.05, 0.1) is 6.10 Å². The van der Waals surface area contributed by atoms with Crippen molar-refractivity contribution in [2.75, 3.05) is 0 Å². The minimum Gasteiger partial charge on any atom is -0.508 e. The van der Waals surface area contributed by atoms with Crippen LogP contribution in [0.2, 0.25) is 0 Å². The number of phenols is 1. The van der Waals surface area contributed by atoms with E-state index in [1.54, 1.807) is 6.07 Å². The first-order chi connectivity index (χ1) is 13.7. The summed E-state index contributed by atoms with van der Waals surface area (Å²) in [5, 5.41) is 20.8. The molecule has 0 saturated heterocycles. The van der Waals surface area contributed by atoms with E-state index in [-0.39, 0.29) is 6.10 Å². The number of phenolic OH excluding ortho intramolecular Hbond substituents is 1. The number of benzene rings is 1. The van der Waals surface area contributed by atoms with Gasteiger partial charge in [0.25, 0.3) is 0 Å². The van der Waals surface area contributed by atoms with E-state index >= 15 is 0 Å². The van der Waals surface area contributed by atoms with Gasteiger partial charge in [0.15, 0.2) is 0 Å². The Morgan fingerprint density at radius 3 is 2.59 bits per heavy atom. The minimum absolute atomic E-state index is 0.152. The van der Waals surface area contributed by atoms with E-state index in [9.17, 15) is 10.2 Å². The molecule has 0 bridgehead atoms. The summed E-state index contributed by atoms with van der Waals surface area (Å²) in [4.78, 5) is 0. The van der Waals surface area contributed by atoms with E-state index in [4.69, 9.17) is 0 Å². The van der Waals surface area contributed by atoms with Crippen LogP contribution in [-0.4, -0.2) is 16.3 Å². The van der Waals surface area contributed by atoms with Crippen molar-refractivity contribution in [1.29, 1.82) is 0 Å². The van der Waals surface area contributed by atoms with E-state index in [2.05, 4.69) is 34.6 Å². The highest BCUT2D eigenvalue weighted by Crippen LogP contribution is 2.60. The molecule has 2 aliphatic rings. The number of rotatable bonds is 8. The van der Waals surface area contributed by atoms with E-state index in [0.717, 1.165) is 37.0 Å². The highest BCUT2D eigenvalue weighted by Gasteiger charge is 2.54. The molecule has 0 aliphatic heterocycles. The fourth-order valence-electron chi connectivity index (χ4n) is 6.94. The van der Waals surface area contributed by atoms with Crippen LogP contribution in [0, 0.1) is 41.9 Å². The van der Waals surface area contributed by atoms with Crippen LogP contribution in [0.1, 0.15) is 90.2 Å². The van der Waals surface area contributed by atoms with Crippen molar-refractivity contribution < 1.29 is 10.2 Å². The fourth-order valence-corrected chi connectivity index (χ4v) is 6.94. The maximum absolute atomic E-state index is 10.9. The summed E-state index contributed by atoms with van der Waals surface area (Å²) >= 11 is 0. The summed E-state index contributed by atoms with van der Waals surface area (Å²) in [6.45, 7) is 11.8. The van der Waals surface area contributed by atoms with Crippen LogP contribution >= 0.6 is 0 Å². The van der Waals surface area contributed by atoms with Gasteiger partial charge in [-0.1, -0.05) is 53.0 Å². The summed E-state index contributed by atoms with van der Waals surface area (Å²) in [5.41, 5.74) is 2.88. The van der Waals surface area contributed by atoms with Gasteiger partial charge in [0, 0.05) is 0 Å². The van der Waals surface area contributed by atoms with Crippen LogP contribution in [0.3, 0.4) is 0 Å². The maximum Gasteiger partial charge on any atom is 0.115 e. The Balaban J connectivity index is 1.67. The molecule has 3 rings (SSSR count). The number of aliphatic hydroxyl groups is 1. The second kappa shape index (κ2) is 9.41. The molecule has 164 valence electrons. The van der Waals surface area contributed by atoms with Crippen molar-refractivity contribution in [3.05, 3.63) is 29.3 Å². The molecule has 1 aromatic carbocycles.